The Morgan fingerprint density at radius 1 is 1.03 bits per heavy atom. The lowest BCUT2D eigenvalue weighted by Gasteiger charge is -2.24. The molecule has 0 aliphatic carbocycles. The Morgan fingerprint density at radius 3 is 2.33 bits per heavy atom. The van der Waals surface area contributed by atoms with Gasteiger partial charge in [-0.25, -0.2) is 13.4 Å². The summed E-state index contributed by atoms with van der Waals surface area (Å²) < 4.78 is 37.3. The Kier molecular flexibility index (Phi) is 6.73. The molecule has 1 aliphatic rings. The Balaban J connectivity index is 1.52. The van der Waals surface area contributed by atoms with Gasteiger partial charge in [0.25, 0.3) is 0 Å². The number of carbonyl (C=O) groups is 1. The van der Waals surface area contributed by atoms with Crippen molar-refractivity contribution in [1.82, 2.24) is 15.2 Å². The molecule has 11 heteroatoms. The van der Waals surface area contributed by atoms with E-state index in [9.17, 15) is 13.2 Å². The molecule has 10 nitrogen and oxygen atoms in total. The third kappa shape index (κ3) is 5.27. The molecule has 2 aromatic carbocycles. The highest BCUT2D eigenvalue weighted by atomic mass is 32.2. The molecule has 1 aliphatic heterocycles. The third-order valence-corrected chi connectivity index (χ3v) is 8.27. The molecule has 0 bridgehead atoms. The Morgan fingerprint density at radius 2 is 1.72 bits per heavy atom. The molecule has 1 amide bonds. The quantitative estimate of drug-likeness (QED) is 0.395. The van der Waals surface area contributed by atoms with Gasteiger partial charge in [0.2, 0.25) is 23.6 Å². The van der Waals surface area contributed by atoms with Crippen LogP contribution in [-0.4, -0.2) is 48.4 Å². The minimum atomic E-state index is -3.82. The molecular weight excluding hydrogens is 518 g/mol. The number of pyridine rings is 1. The lowest BCUT2D eigenvalue weighted by atomic mass is 9.97. The molecule has 4 aromatic rings. The van der Waals surface area contributed by atoms with E-state index in [1.165, 1.54) is 11.0 Å². The maximum absolute atomic E-state index is 13.4. The second kappa shape index (κ2) is 9.90. The molecule has 0 spiro atoms. The van der Waals surface area contributed by atoms with Crippen molar-refractivity contribution >= 4 is 21.4 Å². The number of anilines is 1. The van der Waals surface area contributed by atoms with E-state index in [2.05, 4.69) is 15.2 Å². The van der Waals surface area contributed by atoms with Gasteiger partial charge in [0, 0.05) is 28.8 Å². The zero-order valence-electron chi connectivity index (χ0n) is 22.1. The minimum absolute atomic E-state index is 0.0315. The molecule has 0 fully saturated rings. The van der Waals surface area contributed by atoms with Gasteiger partial charge in [-0.2, -0.15) is 0 Å². The predicted molar refractivity (Wildman–Crippen MR) is 146 cm³/mol. The SMILES string of the molecule is COc1ccc(-c2ccc(CN3C(=O)[C@@H](N)CS(=O)(=O)c4ccc(-c5nnc(C(C)(C)C)o5)cc43)cc2)cn1. The number of carbonyl (C=O) groups excluding carboxylic acids is 1. The van der Waals surface area contributed by atoms with Crippen LogP contribution in [0.15, 0.2) is 70.1 Å². The first-order valence-electron chi connectivity index (χ1n) is 12.3. The second-order valence-electron chi connectivity index (χ2n) is 10.4. The summed E-state index contributed by atoms with van der Waals surface area (Å²) in [7, 11) is -2.26. The summed E-state index contributed by atoms with van der Waals surface area (Å²) >= 11 is 0. The number of ether oxygens (including phenoxy) is 1. The van der Waals surface area contributed by atoms with Crippen LogP contribution in [0, 0.1) is 0 Å². The van der Waals surface area contributed by atoms with Crippen molar-refractivity contribution < 1.29 is 22.4 Å². The first kappa shape index (κ1) is 26.5. The number of nitrogens with two attached hydrogens (primary N) is 1. The summed E-state index contributed by atoms with van der Waals surface area (Å²) in [6, 6.07) is 14.8. The van der Waals surface area contributed by atoms with Gasteiger partial charge >= 0.3 is 0 Å². The van der Waals surface area contributed by atoms with Crippen molar-refractivity contribution in [2.75, 3.05) is 17.8 Å². The average Bonchev–Trinajstić information content (AvgIpc) is 3.40. The zero-order valence-corrected chi connectivity index (χ0v) is 22.9. The number of benzene rings is 2. The van der Waals surface area contributed by atoms with Crippen LogP contribution in [0.5, 0.6) is 5.88 Å². The molecule has 2 N–H and O–H groups in total. The molecule has 5 rings (SSSR count). The van der Waals surface area contributed by atoms with E-state index in [0.717, 1.165) is 16.7 Å². The molecular formula is C28H29N5O5S. The van der Waals surface area contributed by atoms with Gasteiger partial charge in [-0.05, 0) is 35.4 Å². The van der Waals surface area contributed by atoms with Crippen molar-refractivity contribution in [2.45, 2.75) is 43.7 Å². The highest BCUT2D eigenvalue weighted by Gasteiger charge is 2.36. The van der Waals surface area contributed by atoms with Gasteiger partial charge < -0.3 is 19.8 Å². The molecule has 202 valence electrons. The number of hydrogen-bond donors (Lipinski definition) is 1. The topological polar surface area (TPSA) is 142 Å². The van der Waals surface area contributed by atoms with Crippen molar-refractivity contribution in [2.24, 2.45) is 5.73 Å². The van der Waals surface area contributed by atoms with Crippen LogP contribution < -0.4 is 15.4 Å². The Labute approximate surface area is 226 Å². The lowest BCUT2D eigenvalue weighted by molar-refractivity contribution is -0.119. The summed E-state index contributed by atoms with van der Waals surface area (Å²) in [6.45, 7) is 5.97. The molecule has 39 heavy (non-hydrogen) atoms. The highest BCUT2D eigenvalue weighted by molar-refractivity contribution is 7.91. The van der Waals surface area contributed by atoms with Gasteiger partial charge in [0.05, 0.1) is 36.0 Å². The number of amides is 1. The number of fused-ring (bicyclic) bond motifs is 1. The molecule has 1 atom stereocenters. The van der Waals surface area contributed by atoms with Crippen LogP contribution in [0.25, 0.3) is 22.6 Å². The zero-order chi connectivity index (χ0) is 27.9. The van der Waals surface area contributed by atoms with E-state index >= 15 is 0 Å². The number of aromatic nitrogens is 3. The molecule has 0 saturated heterocycles. The molecule has 0 saturated carbocycles. The Hall–Kier alpha value is -4.09. The first-order valence-corrected chi connectivity index (χ1v) is 14.0. The van der Waals surface area contributed by atoms with Gasteiger partial charge in [-0.3, -0.25) is 4.79 Å². The summed E-state index contributed by atoms with van der Waals surface area (Å²) in [5.41, 5.74) is 9.08. The molecule has 0 radical (unpaired) electrons. The van der Waals surface area contributed by atoms with Crippen LogP contribution in [0.4, 0.5) is 5.69 Å². The normalized spacial score (nSPS) is 17.0. The van der Waals surface area contributed by atoms with Crippen molar-refractivity contribution in [3.63, 3.8) is 0 Å². The number of methoxy groups -OCH3 is 1. The molecule has 0 unspecified atom stereocenters. The standard InChI is InChI=1S/C28H29N5O5S/c1-28(2,3)27-32-31-25(38-27)19-9-11-23-22(13-19)33(26(34)21(29)16-39(23,35)36)15-17-5-7-18(8-6-17)20-10-12-24(37-4)30-14-20/h5-14,21H,15-16,29H2,1-4H3/t21-/m0/s1. The number of rotatable bonds is 5. The third-order valence-electron chi connectivity index (χ3n) is 6.45. The van der Waals surface area contributed by atoms with E-state index in [-0.39, 0.29) is 28.4 Å². The summed E-state index contributed by atoms with van der Waals surface area (Å²) in [5.74, 6) is 0.237. The molecule has 2 aromatic heterocycles. The largest absolute Gasteiger partial charge is 0.481 e. The maximum atomic E-state index is 13.4. The smallest absolute Gasteiger partial charge is 0.247 e. The fourth-order valence-corrected chi connectivity index (χ4v) is 5.86. The van der Waals surface area contributed by atoms with Crippen LogP contribution in [-0.2, 0) is 26.6 Å². The monoisotopic (exact) mass is 547 g/mol. The van der Waals surface area contributed by atoms with Gasteiger partial charge in [-0.1, -0.05) is 45.0 Å². The fraction of sp³-hybridized carbons (Fsp3) is 0.286. The maximum Gasteiger partial charge on any atom is 0.247 e. The van der Waals surface area contributed by atoms with Crippen LogP contribution >= 0.6 is 0 Å². The number of hydrogen-bond acceptors (Lipinski definition) is 9. The highest BCUT2D eigenvalue weighted by Crippen LogP contribution is 2.36. The predicted octanol–water partition coefficient (Wildman–Crippen LogP) is 3.75. The minimum Gasteiger partial charge on any atom is -0.481 e. The summed E-state index contributed by atoms with van der Waals surface area (Å²) in [5, 5.41) is 8.28. The van der Waals surface area contributed by atoms with Crippen LogP contribution in [0.2, 0.25) is 0 Å². The summed E-state index contributed by atoms with van der Waals surface area (Å²) in [6.07, 6.45) is 1.72. The molecule has 3 heterocycles. The van der Waals surface area contributed by atoms with E-state index in [1.54, 1.807) is 31.5 Å². The van der Waals surface area contributed by atoms with Gasteiger partial charge in [-0.15, -0.1) is 10.2 Å². The first-order chi connectivity index (χ1) is 18.5. The van der Waals surface area contributed by atoms with Crippen molar-refractivity contribution in [3.8, 4) is 28.5 Å². The number of nitrogens with zero attached hydrogens (tertiary/aromatic N) is 4. The average molecular weight is 548 g/mol. The van der Waals surface area contributed by atoms with E-state index in [4.69, 9.17) is 14.9 Å². The lowest BCUT2D eigenvalue weighted by Crippen LogP contribution is -2.45. The van der Waals surface area contributed by atoms with Crippen LogP contribution in [0.1, 0.15) is 32.2 Å². The summed E-state index contributed by atoms with van der Waals surface area (Å²) in [4.78, 5) is 19.1. The van der Waals surface area contributed by atoms with E-state index in [1.807, 2.05) is 51.1 Å². The van der Waals surface area contributed by atoms with E-state index in [0.29, 0.717) is 17.3 Å². The van der Waals surface area contributed by atoms with Crippen molar-refractivity contribution in [1.29, 1.82) is 0 Å². The van der Waals surface area contributed by atoms with Crippen molar-refractivity contribution in [3.05, 3.63) is 72.2 Å². The van der Waals surface area contributed by atoms with E-state index < -0.39 is 27.5 Å². The van der Waals surface area contributed by atoms with Gasteiger partial charge in [0.15, 0.2) is 9.84 Å². The Bertz CT molecular complexity index is 1620. The fourth-order valence-electron chi connectivity index (χ4n) is 4.30. The van der Waals surface area contributed by atoms with Crippen LogP contribution in [0.3, 0.4) is 0 Å². The van der Waals surface area contributed by atoms with Gasteiger partial charge in [0.1, 0.15) is 0 Å². The second-order valence-corrected chi connectivity index (χ2v) is 12.4. The number of sulfone groups is 1.